The number of nitrogens with zero attached hydrogens (tertiary/aromatic N) is 1. The number of benzene rings is 4. The second kappa shape index (κ2) is 15.2. The average molecular weight is 738 g/mol. The molecule has 4 aromatic rings. The summed E-state index contributed by atoms with van der Waals surface area (Å²) in [6.45, 7) is 2.20. The standard InChI is InChI=1S/C56H51N/c1-40-22-29-48(30-23-40)56(47-20-12-5-13-21-47)54-38-46(43-18-10-4-11-19-43)28-36-52(54)53-37-35-51(39-55(53)56)57(49-31-24-44(25-32-49)41-14-6-2-7-15-41)50-33-26-45(27-34-50)42-16-8-3-9-17-42/h2,4-6,8,10-14,16-20,22-24,26,28-31,33-39,45,47H,3,7,9,15,21,25,27,32H2,1H3. The Labute approximate surface area is 339 Å². The molecule has 3 atom stereocenters. The molecular formula is C56H51N. The van der Waals surface area contributed by atoms with Crippen molar-refractivity contribution in [1.82, 2.24) is 0 Å². The number of hydrogen-bond acceptors (Lipinski definition) is 1. The largest absolute Gasteiger partial charge is 0.315 e. The molecule has 0 bridgehead atoms. The van der Waals surface area contributed by atoms with Crippen molar-refractivity contribution in [2.24, 2.45) is 11.8 Å². The summed E-state index contributed by atoms with van der Waals surface area (Å²) in [5, 5.41) is 0. The lowest BCUT2D eigenvalue weighted by atomic mass is 9.62. The zero-order valence-corrected chi connectivity index (χ0v) is 33.1. The van der Waals surface area contributed by atoms with Gasteiger partial charge in [0.25, 0.3) is 0 Å². The van der Waals surface area contributed by atoms with Gasteiger partial charge in [0.1, 0.15) is 0 Å². The maximum Gasteiger partial charge on any atom is 0.0530 e. The summed E-state index contributed by atoms with van der Waals surface area (Å²) in [5.74, 6) is 0.683. The third-order valence-corrected chi connectivity index (χ3v) is 13.2. The van der Waals surface area contributed by atoms with Gasteiger partial charge in [0.2, 0.25) is 0 Å². The molecule has 0 N–H and O–H groups in total. The minimum atomic E-state index is -0.372. The molecule has 0 amide bonds. The molecule has 0 saturated heterocycles. The van der Waals surface area contributed by atoms with Gasteiger partial charge in [-0.1, -0.05) is 157 Å². The molecule has 0 radical (unpaired) electrons. The lowest BCUT2D eigenvalue weighted by molar-refractivity contribution is 0.457. The van der Waals surface area contributed by atoms with Crippen molar-refractivity contribution in [2.45, 2.75) is 63.7 Å². The first kappa shape index (κ1) is 35.5. The number of rotatable bonds is 8. The molecule has 57 heavy (non-hydrogen) atoms. The van der Waals surface area contributed by atoms with E-state index in [9.17, 15) is 0 Å². The number of anilines is 1. The molecule has 6 aliphatic carbocycles. The van der Waals surface area contributed by atoms with Crippen LogP contribution in [-0.4, -0.2) is 0 Å². The van der Waals surface area contributed by atoms with E-state index in [0.717, 1.165) is 51.4 Å². The van der Waals surface area contributed by atoms with Crippen LogP contribution in [0.4, 0.5) is 5.69 Å². The molecule has 0 heterocycles. The van der Waals surface area contributed by atoms with E-state index in [4.69, 9.17) is 0 Å². The Balaban J connectivity index is 1.15. The summed E-state index contributed by atoms with van der Waals surface area (Å²) in [5.41, 5.74) is 18.6. The van der Waals surface area contributed by atoms with Gasteiger partial charge in [-0.3, -0.25) is 0 Å². The number of allylic oxidation sites excluding steroid dienone is 19. The molecule has 0 aromatic heterocycles. The molecule has 10 rings (SSSR count). The monoisotopic (exact) mass is 737 g/mol. The molecular weight excluding hydrogens is 687 g/mol. The van der Waals surface area contributed by atoms with E-state index in [2.05, 4.69) is 194 Å². The minimum Gasteiger partial charge on any atom is -0.315 e. The predicted molar refractivity (Wildman–Crippen MR) is 241 cm³/mol. The maximum atomic E-state index is 2.59. The molecule has 0 fully saturated rings. The van der Waals surface area contributed by atoms with E-state index in [-0.39, 0.29) is 11.3 Å². The molecule has 280 valence electrons. The van der Waals surface area contributed by atoms with Crippen LogP contribution in [0.15, 0.2) is 210 Å². The van der Waals surface area contributed by atoms with Crippen molar-refractivity contribution in [3.05, 3.63) is 233 Å². The van der Waals surface area contributed by atoms with E-state index in [1.807, 2.05) is 0 Å². The van der Waals surface area contributed by atoms with Crippen LogP contribution >= 0.6 is 0 Å². The number of fused-ring (bicyclic) bond motifs is 3. The summed E-state index contributed by atoms with van der Waals surface area (Å²) in [4.78, 5) is 2.59. The van der Waals surface area contributed by atoms with E-state index >= 15 is 0 Å². The Kier molecular flexibility index (Phi) is 9.47. The van der Waals surface area contributed by atoms with E-state index in [0.29, 0.717) is 5.92 Å². The smallest absolute Gasteiger partial charge is 0.0530 e. The normalized spacial score (nSPS) is 23.2. The highest BCUT2D eigenvalue weighted by Crippen LogP contribution is 2.59. The SMILES string of the molecule is Cc1ccc(C2(C3C=CC=CC3)c3cc(-c4ccccc4)ccc3-c3ccc(N(C4=CCC(C5=CCCC=C5)C=C4)C4=CC=C(C5=CC=CCC5)CC4)cc32)cc1. The predicted octanol–water partition coefficient (Wildman–Crippen LogP) is 14.5. The summed E-state index contributed by atoms with van der Waals surface area (Å²) in [6.07, 6.45) is 44.1. The van der Waals surface area contributed by atoms with Gasteiger partial charge in [0, 0.05) is 23.0 Å². The molecule has 0 spiro atoms. The van der Waals surface area contributed by atoms with Crippen molar-refractivity contribution in [3.63, 3.8) is 0 Å². The Morgan fingerprint density at radius 3 is 2.16 bits per heavy atom. The van der Waals surface area contributed by atoms with E-state index in [1.54, 1.807) is 0 Å². The van der Waals surface area contributed by atoms with Crippen LogP contribution in [0.5, 0.6) is 0 Å². The summed E-state index contributed by atoms with van der Waals surface area (Å²) < 4.78 is 0. The van der Waals surface area contributed by atoms with Crippen LogP contribution in [0.25, 0.3) is 22.3 Å². The molecule has 6 aliphatic rings. The summed E-state index contributed by atoms with van der Waals surface area (Å²) >= 11 is 0. The topological polar surface area (TPSA) is 3.24 Å². The lowest BCUT2D eigenvalue weighted by Crippen LogP contribution is -2.36. The Morgan fingerprint density at radius 2 is 1.44 bits per heavy atom. The van der Waals surface area contributed by atoms with Crippen molar-refractivity contribution >= 4 is 5.69 Å². The second-order valence-corrected chi connectivity index (χ2v) is 16.5. The van der Waals surface area contributed by atoms with Gasteiger partial charge in [-0.25, -0.2) is 0 Å². The van der Waals surface area contributed by atoms with Gasteiger partial charge in [0.05, 0.1) is 5.41 Å². The van der Waals surface area contributed by atoms with E-state index in [1.165, 1.54) is 78.3 Å². The molecule has 4 aromatic carbocycles. The molecule has 3 unspecified atom stereocenters. The van der Waals surface area contributed by atoms with Crippen LogP contribution in [0.1, 0.15) is 73.6 Å². The van der Waals surface area contributed by atoms with Crippen molar-refractivity contribution in [3.8, 4) is 22.3 Å². The van der Waals surface area contributed by atoms with Crippen molar-refractivity contribution < 1.29 is 0 Å². The highest BCUT2D eigenvalue weighted by atomic mass is 15.2. The highest BCUT2D eigenvalue weighted by Gasteiger charge is 2.49. The molecule has 1 nitrogen and oxygen atoms in total. The quantitative estimate of drug-likeness (QED) is 0.174. The Bertz CT molecular complexity index is 2520. The molecule has 0 saturated carbocycles. The highest BCUT2D eigenvalue weighted by molar-refractivity contribution is 5.88. The first-order chi connectivity index (χ1) is 28.2. The fraction of sp³-hybridized carbons (Fsp3) is 0.214. The van der Waals surface area contributed by atoms with Crippen LogP contribution in [0.3, 0.4) is 0 Å². The molecule has 1 heteroatoms. The fourth-order valence-electron chi connectivity index (χ4n) is 10.3. The van der Waals surface area contributed by atoms with Crippen LogP contribution in [-0.2, 0) is 5.41 Å². The van der Waals surface area contributed by atoms with Gasteiger partial charge in [-0.2, -0.15) is 0 Å². The summed E-state index contributed by atoms with van der Waals surface area (Å²) in [7, 11) is 0. The first-order valence-corrected chi connectivity index (χ1v) is 21.2. The average Bonchev–Trinajstić information content (AvgIpc) is 3.58. The number of hydrogen-bond donors (Lipinski definition) is 0. The first-order valence-electron chi connectivity index (χ1n) is 21.2. The second-order valence-electron chi connectivity index (χ2n) is 16.5. The summed E-state index contributed by atoms with van der Waals surface area (Å²) in [6, 6.07) is 35.0. The third kappa shape index (κ3) is 6.44. The fourth-order valence-corrected chi connectivity index (χ4v) is 10.3. The van der Waals surface area contributed by atoms with Crippen LogP contribution in [0.2, 0.25) is 0 Å². The maximum absolute atomic E-state index is 2.59. The Morgan fingerprint density at radius 1 is 0.596 bits per heavy atom. The third-order valence-electron chi connectivity index (χ3n) is 13.2. The van der Waals surface area contributed by atoms with Gasteiger partial charge in [0.15, 0.2) is 0 Å². The van der Waals surface area contributed by atoms with Crippen LogP contribution < -0.4 is 4.90 Å². The zero-order valence-electron chi connectivity index (χ0n) is 33.1. The molecule has 0 aliphatic heterocycles. The minimum absolute atomic E-state index is 0.253. The lowest BCUT2D eigenvalue weighted by Gasteiger charge is -2.40. The van der Waals surface area contributed by atoms with Gasteiger partial charge < -0.3 is 4.90 Å². The zero-order chi connectivity index (χ0) is 38.2. The van der Waals surface area contributed by atoms with E-state index < -0.39 is 0 Å². The van der Waals surface area contributed by atoms with Gasteiger partial charge >= 0.3 is 0 Å². The van der Waals surface area contributed by atoms with Gasteiger partial charge in [-0.05, 0) is 150 Å². The van der Waals surface area contributed by atoms with Crippen molar-refractivity contribution in [1.29, 1.82) is 0 Å². The van der Waals surface area contributed by atoms with Crippen LogP contribution in [0, 0.1) is 18.8 Å². The Hall–Kier alpha value is -5.92. The van der Waals surface area contributed by atoms with Gasteiger partial charge in [-0.15, -0.1) is 0 Å². The van der Waals surface area contributed by atoms with Crippen molar-refractivity contribution in [2.75, 3.05) is 4.90 Å². The number of aryl methyl sites for hydroxylation is 1.